The van der Waals surface area contributed by atoms with E-state index < -0.39 is 18.0 Å². The van der Waals surface area contributed by atoms with Crippen molar-refractivity contribution in [3.63, 3.8) is 0 Å². The molecule has 0 saturated carbocycles. The van der Waals surface area contributed by atoms with Gasteiger partial charge in [0.15, 0.2) is 6.10 Å². The first-order chi connectivity index (χ1) is 13.6. The number of nitrogens with one attached hydrogen (secondary N) is 1. The smallest absolute Gasteiger partial charge is 0.340 e. The Kier molecular flexibility index (Phi) is 7.44. The van der Waals surface area contributed by atoms with Gasteiger partial charge >= 0.3 is 5.97 Å². The van der Waals surface area contributed by atoms with Crippen molar-refractivity contribution in [1.29, 1.82) is 0 Å². The molecule has 2 rings (SSSR count). The van der Waals surface area contributed by atoms with Gasteiger partial charge in [-0.1, -0.05) is 12.1 Å². The molecule has 8 nitrogen and oxygen atoms in total. The van der Waals surface area contributed by atoms with Crippen LogP contribution in [0.2, 0.25) is 0 Å². The molecule has 1 aromatic carbocycles. The van der Waals surface area contributed by atoms with E-state index in [4.69, 9.17) is 4.74 Å². The Bertz CT molecular complexity index is 923. The molecule has 0 saturated heterocycles. The molecule has 0 aliphatic rings. The quantitative estimate of drug-likeness (QED) is 0.548. The average molecular weight is 419 g/mol. The van der Waals surface area contributed by atoms with Crippen molar-refractivity contribution < 1.29 is 19.1 Å². The zero-order valence-electron chi connectivity index (χ0n) is 17.5. The maximum absolute atomic E-state index is 12.6. The standard InChI is InChI=1S/C20H26N4O4S/c1-12-18(13(2)24(6)22-12)21-19(26)14(3)28-20(27)15-9-7-8-10-16(15)29-11-17(25)23(4)5/h7-10,14H,11H2,1-6H3,(H,21,26)/t14-/m1/s1. The third-order valence-corrected chi connectivity index (χ3v) is 5.43. The van der Waals surface area contributed by atoms with Crippen LogP contribution in [0.1, 0.15) is 28.7 Å². The van der Waals surface area contributed by atoms with Crippen LogP contribution >= 0.6 is 11.8 Å². The number of carbonyl (C=O) groups excluding carboxylic acids is 3. The Morgan fingerprint density at radius 2 is 1.90 bits per heavy atom. The minimum absolute atomic E-state index is 0.0619. The Morgan fingerprint density at radius 3 is 2.48 bits per heavy atom. The summed E-state index contributed by atoms with van der Waals surface area (Å²) in [5.41, 5.74) is 2.42. The van der Waals surface area contributed by atoms with E-state index in [9.17, 15) is 14.4 Å². The molecule has 0 unspecified atom stereocenters. The summed E-state index contributed by atoms with van der Waals surface area (Å²) < 4.78 is 7.04. The third-order valence-electron chi connectivity index (χ3n) is 4.37. The van der Waals surface area contributed by atoms with Crippen LogP contribution < -0.4 is 5.32 Å². The van der Waals surface area contributed by atoms with Crippen molar-refractivity contribution in [2.75, 3.05) is 25.2 Å². The van der Waals surface area contributed by atoms with Crippen molar-refractivity contribution in [3.05, 3.63) is 41.2 Å². The first-order valence-corrected chi connectivity index (χ1v) is 10.0. The van der Waals surface area contributed by atoms with E-state index in [0.29, 0.717) is 21.8 Å². The molecule has 1 aromatic heterocycles. The molecule has 0 bridgehead atoms. The van der Waals surface area contributed by atoms with Crippen molar-refractivity contribution in [3.8, 4) is 0 Å². The Labute approximate surface area is 174 Å². The summed E-state index contributed by atoms with van der Waals surface area (Å²) >= 11 is 1.25. The predicted octanol–water partition coefficient (Wildman–Crippen LogP) is 2.40. The molecule has 1 heterocycles. The van der Waals surface area contributed by atoms with Gasteiger partial charge in [-0.15, -0.1) is 11.8 Å². The number of thioether (sulfide) groups is 1. The number of carbonyl (C=O) groups is 3. The van der Waals surface area contributed by atoms with E-state index in [0.717, 1.165) is 5.69 Å². The second-order valence-electron chi connectivity index (χ2n) is 6.78. The van der Waals surface area contributed by atoms with Gasteiger partial charge in [-0.3, -0.25) is 14.3 Å². The fraction of sp³-hybridized carbons (Fsp3) is 0.400. The van der Waals surface area contributed by atoms with Crippen LogP contribution in [0.4, 0.5) is 5.69 Å². The highest BCUT2D eigenvalue weighted by Gasteiger charge is 2.23. The Balaban J connectivity index is 2.05. The molecule has 9 heteroatoms. The zero-order chi connectivity index (χ0) is 21.7. The van der Waals surface area contributed by atoms with Gasteiger partial charge in [0.05, 0.1) is 28.4 Å². The van der Waals surface area contributed by atoms with E-state index in [2.05, 4.69) is 10.4 Å². The number of benzene rings is 1. The number of ether oxygens (including phenoxy) is 1. The lowest BCUT2D eigenvalue weighted by atomic mass is 10.2. The number of aromatic nitrogens is 2. The van der Waals surface area contributed by atoms with E-state index in [1.807, 2.05) is 6.92 Å². The van der Waals surface area contributed by atoms with Gasteiger partial charge in [-0.05, 0) is 32.9 Å². The van der Waals surface area contributed by atoms with Gasteiger partial charge in [-0.2, -0.15) is 5.10 Å². The fourth-order valence-corrected chi connectivity index (χ4v) is 3.51. The zero-order valence-corrected chi connectivity index (χ0v) is 18.3. The SMILES string of the molecule is Cc1nn(C)c(C)c1NC(=O)[C@@H](C)OC(=O)c1ccccc1SCC(=O)N(C)C. The number of rotatable bonds is 7. The molecule has 0 radical (unpaired) electrons. The van der Waals surface area contributed by atoms with Gasteiger partial charge in [0.2, 0.25) is 5.91 Å². The highest BCUT2D eigenvalue weighted by Crippen LogP contribution is 2.24. The number of esters is 1. The molecular weight excluding hydrogens is 392 g/mol. The van der Waals surface area contributed by atoms with E-state index in [-0.39, 0.29) is 11.7 Å². The van der Waals surface area contributed by atoms with Crippen molar-refractivity contribution in [2.45, 2.75) is 31.8 Å². The van der Waals surface area contributed by atoms with Crippen LogP contribution in [0.25, 0.3) is 0 Å². The molecule has 1 N–H and O–H groups in total. The minimum atomic E-state index is -0.997. The van der Waals surface area contributed by atoms with Gasteiger partial charge in [0, 0.05) is 26.0 Å². The number of anilines is 1. The summed E-state index contributed by atoms with van der Waals surface area (Å²) in [5.74, 6) is -0.918. The van der Waals surface area contributed by atoms with Gasteiger partial charge in [-0.25, -0.2) is 4.79 Å². The lowest BCUT2D eigenvalue weighted by molar-refractivity contribution is -0.126. The van der Waals surface area contributed by atoms with Gasteiger partial charge in [0.1, 0.15) is 0 Å². The van der Waals surface area contributed by atoms with Crippen LogP contribution in [-0.2, 0) is 21.4 Å². The lowest BCUT2D eigenvalue weighted by Gasteiger charge is -2.15. The van der Waals surface area contributed by atoms with E-state index in [1.54, 1.807) is 57.0 Å². The number of hydrogen-bond donors (Lipinski definition) is 1. The summed E-state index contributed by atoms with van der Waals surface area (Å²) in [7, 11) is 5.14. The molecular formula is C20H26N4O4S. The fourth-order valence-electron chi connectivity index (χ4n) is 2.49. The van der Waals surface area contributed by atoms with Crippen LogP contribution in [0, 0.1) is 13.8 Å². The van der Waals surface area contributed by atoms with Crippen LogP contribution in [0.15, 0.2) is 29.2 Å². The Morgan fingerprint density at radius 1 is 1.24 bits per heavy atom. The molecule has 0 fully saturated rings. The van der Waals surface area contributed by atoms with E-state index >= 15 is 0 Å². The number of amides is 2. The third kappa shape index (κ3) is 5.60. The second kappa shape index (κ2) is 9.60. The van der Waals surface area contributed by atoms with Crippen LogP contribution in [-0.4, -0.2) is 58.4 Å². The van der Waals surface area contributed by atoms with Crippen molar-refractivity contribution >= 4 is 35.2 Å². The number of hydrogen-bond acceptors (Lipinski definition) is 6. The highest BCUT2D eigenvalue weighted by molar-refractivity contribution is 8.00. The van der Waals surface area contributed by atoms with Gasteiger partial charge < -0.3 is 15.0 Å². The highest BCUT2D eigenvalue weighted by atomic mass is 32.2. The minimum Gasteiger partial charge on any atom is -0.449 e. The second-order valence-corrected chi connectivity index (χ2v) is 7.80. The molecule has 156 valence electrons. The molecule has 0 spiro atoms. The summed E-state index contributed by atoms with van der Waals surface area (Å²) in [5, 5.41) is 7.02. The average Bonchev–Trinajstić information content (AvgIpc) is 2.91. The number of nitrogens with zero attached hydrogens (tertiary/aromatic N) is 3. The molecule has 29 heavy (non-hydrogen) atoms. The normalized spacial score (nSPS) is 11.7. The predicted molar refractivity (Wildman–Crippen MR) is 112 cm³/mol. The van der Waals surface area contributed by atoms with Crippen molar-refractivity contribution in [1.82, 2.24) is 14.7 Å². The Hall–Kier alpha value is -2.81. The first kappa shape index (κ1) is 22.5. The molecule has 1 atom stereocenters. The monoisotopic (exact) mass is 418 g/mol. The summed E-state index contributed by atoms with van der Waals surface area (Å²) in [6, 6.07) is 6.85. The topological polar surface area (TPSA) is 93.5 Å². The van der Waals surface area contributed by atoms with E-state index in [1.165, 1.54) is 23.6 Å². The maximum atomic E-state index is 12.6. The molecule has 0 aliphatic carbocycles. The van der Waals surface area contributed by atoms with Gasteiger partial charge in [0.25, 0.3) is 5.91 Å². The summed E-state index contributed by atoms with van der Waals surface area (Å²) in [6.07, 6.45) is -0.997. The summed E-state index contributed by atoms with van der Waals surface area (Å²) in [4.78, 5) is 39.0. The lowest BCUT2D eigenvalue weighted by Crippen LogP contribution is -2.30. The maximum Gasteiger partial charge on any atom is 0.340 e. The molecule has 2 aromatic rings. The van der Waals surface area contributed by atoms with Crippen molar-refractivity contribution in [2.24, 2.45) is 7.05 Å². The molecule has 2 amide bonds. The van der Waals surface area contributed by atoms with Crippen LogP contribution in [0.5, 0.6) is 0 Å². The van der Waals surface area contributed by atoms with Crippen LogP contribution in [0.3, 0.4) is 0 Å². The number of aryl methyl sites for hydroxylation is 2. The largest absolute Gasteiger partial charge is 0.449 e. The summed E-state index contributed by atoms with van der Waals surface area (Å²) in [6.45, 7) is 5.15. The molecule has 0 aliphatic heterocycles. The first-order valence-electron chi connectivity index (χ1n) is 9.05.